The van der Waals surface area contributed by atoms with E-state index in [4.69, 9.17) is 21.1 Å². The van der Waals surface area contributed by atoms with Crippen LogP contribution in [-0.4, -0.2) is 21.6 Å². The molecule has 218 valence electrons. The first kappa shape index (κ1) is 28.7. The molecule has 1 atom stereocenters. The van der Waals surface area contributed by atoms with Gasteiger partial charge in [-0.15, -0.1) is 0 Å². The maximum atomic E-state index is 14.6. The number of carboxylic acids is 1. The van der Waals surface area contributed by atoms with Crippen molar-refractivity contribution in [2.24, 2.45) is 0 Å². The molecule has 1 heterocycles. The molecule has 0 radical (unpaired) electrons. The van der Waals surface area contributed by atoms with Crippen molar-refractivity contribution in [3.63, 3.8) is 0 Å². The van der Waals surface area contributed by atoms with Gasteiger partial charge in [0.1, 0.15) is 41.6 Å². The fourth-order valence-electron chi connectivity index (χ4n) is 5.81. The third-order valence-electron chi connectivity index (χ3n) is 8.32. The van der Waals surface area contributed by atoms with Crippen molar-refractivity contribution in [3.05, 3.63) is 112 Å². The van der Waals surface area contributed by atoms with E-state index in [9.17, 15) is 19.6 Å². The summed E-state index contributed by atoms with van der Waals surface area (Å²) >= 11 is 6.75. The van der Waals surface area contributed by atoms with Gasteiger partial charge in [0.05, 0.1) is 10.6 Å². The number of aromatic nitrogens is 1. The molecule has 1 aromatic heterocycles. The van der Waals surface area contributed by atoms with Crippen molar-refractivity contribution in [2.75, 3.05) is 0 Å². The van der Waals surface area contributed by atoms with E-state index < -0.39 is 11.5 Å². The van der Waals surface area contributed by atoms with Gasteiger partial charge in [-0.3, -0.25) is 15.1 Å². The second kappa shape index (κ2) is 12.0. The maximum absolute atomic E-state index is 14.6. The van der Waals surface area contributed by atoms with E-state index in [2.05, 4.69) is 16.4 Å². The lowest BCUT2D eigenvalue weighted by Crippen LogP contribution is -2.56. The number of carbonyl (C=O) groups is 1. The molecule has 43 heavy (non-hydrogen) atoms. The number of nitriles is 1. The molecule has 3 aromatic carbocycles. The standard InChI is InChI=1S/C34H29ClFN3O4/c35-28-14-23(19-39-34(33(40)41)11-4-12-34)31(42-20-22-13-21(16-37)17-38-18-22)15-32(28)43-30-10-9-25-24(6-3-7-27(25)30)26-5-1-2-8-29(26)36/h1-3,5-8,13-15,17-18,30,39H,4,9-12,19-20H2,(H,40,41)/t30-/m0/s1. The van der Waals surface area contributed by atoms with Crippen LogP contribution in [0, 0.1) is 17.1 Å². The van der Waals surface area contributed by atoms with E-state index in [0.717, 1.165) is 29.5 Å². The quantitative estimate of drug-likeness (QED) is 0.200. The SMILES string of the molecule is N#Cc1cncc(COc2cc(O[C@H]3CCc4c(-c5ccccc5F)cccc43)c(Cl)cc2CNC2(C(=O)O)CCC2)c1. The minimum Gasteiger partial charge on any atom is -0.488 e. The zero-order chi connectivity index (χ0) is 30.0. The van der Waals surface area contributed by atoms with Crippen LogP contribution in [0.3, 0.4) is 0 Å². The predicted octanol–water partition coefficient (Wildman–Crippen LogP) is 7.15. The highest BCUT2D eigenvalue weighted by Gasteiger charge is 2.44. The number of halogens is 2. The summed E-state index contributed by atoms with van der Waals surface area (Å²) in [4.78, 5) is 16.0. The summed E-state index contributed by atoms with van der Waals surface area (Å²) in [6, 6.07) is 19.9. The Kier molecular flexibility index (Phi) is 8.02. The van der Waals surface area contributed by atoms with Crippen molar-refractivity contribution in [1.82, 2.24) is 10.3 Å². The van der Waals surface area contributed by atoms with E-state index >= 15 is 0 Å². The molecular weight excluding hydrogens is 569 g/mol. The Morgan fingerprint density at radius 2 is 1.93 bits per heavy atom. The molecule has 0 amide bonds. The molecule has 1 fully saturated rings. The minimum absolute atomic E-state index is 0.138. The van der Waals surface area contributed by atoms with Gasteiger partial charge in [0.2, 0.25) is 0 Å². The van der Waals surface area contributed by atoms with Gasteiger partial charge in [-0.05, 0) is 67.0 Å². The van der Waals surface area contributed by atoms with Gasteiger partial charge < -0.3 is 14.6 Å². The van der Waals surface area contributed by atoms with Crippen LogP contribution >= 0.6 is 11.6 Å². The van der Waals surface area contributed by atoms with Crippen LogP contribution in [0.2, 0.25) is 5.02 Å². The molecule has 0 aliphatic heterocycles. The zero-order valence-electron chi connectivity index (χ0n) is 23.3. The Hall–Kier alpha value is -4.45. The summed E-state index contributed by atoms with van der Waals surface area (Å²) in [5.41, 5.74) is 4.30. The van der Waals surface area contributed by atoms with Crippen molar-refractivity contribution in [2.45, 2.75) is 56.9 Å². The van der Waals surface area contributed by atoms with E-state index in [-0.39, 0.29) is 25.1 Å². The number of rotatable bonds is 10. The number of aliphatic carboxylic acids is 1. The van der Waals surface area contributed by atoms with Gasteiger partial charge >= 0.3 is 5.97 Å². The lowest BCUT2D eigenvalue weighted by atomic mass is 9.76. The van der Waals surface area contributed by atoms with Gasteiger partial charge in [0.25, 0.3) is 0 Å². The number of fused-ring (bicyclic) bond motifs is 1. The number of ether oxygens (including phenoxy) is 2. The first-order valence-electron chi connectivity index (χ1n) is 14.2. The first-order chi connectivity index (χ1) is 20.9. The Labute approximate surface area is 253 Å². The average Bonchev–Trinajstić information content (AvgIpc) is 3.40. The van der Waals surface area contributed by atoms with Crippen molar-refractivity contribution < 1.29 is 23.8 Å². The summed E-state index contributed by atoms with van der Waals surface area (Å²) in [6.45, 7) is 0.370. The second-order valence-corrected chi connectivity index (χ2v) is 11.4. The van der Waals surface area contributed by atoms with E-state index in [1.54, 1.807) is 36.5 Å². The number of hydrogen-bond donors (Lipinski definition) is 2. The monoisotopic (exact) mass is 597 g/mol. The average molecular weight is 598 g/mol. The van der Waals surface area contributed by atoms with E-state index in [1.807, 2.05) is 24.3 Å². The molecule has 0 saturated heterocycles. The van der Waals surface area contributed by atoms with Crippen LogP contribution in [0.5, 0.6) is 11.5 Å². The van der Waals surface area contributed by atoms with Gasteiger partial charge in [-0.25, -0.2) is 4.39 Å². The molecule has 1 saturated carbocycles. The summed E-state index contributed by atoms with van der Waals surface area (Å²) in [7, 11) is 0. The minimum atomic E-state index is -0.965. The zero-order valence-corrected chi connectivity index (χ0v) is 24.0. The topological polar surface area (TPSA) is 104 Å². The van der Waals surface area contributed by atoms with Crippen molar-refractivity contribution >= 4 is 17.6 Å². The predicted molar refractivity (Wildman–Crippen MR) is 159 cm³/mol. The van der Waals surface area contributed by atoms with Crippen molar-refractivity contribution in [3.8, 4) is 28.7 Å². The normalized spacial score (nSPS) is 16.5. The van der Waals surface area contributed by atoms with Gasteiger partial charge in [-0.1, -0.05) is 48.0 Å². The smallest absolute Gasteiger partial charge is 0.323 e. The number of carboxylic acid groups (broad SMARTS) is 1. The Morgan fingerprint density at radius 1 is 1.12 bits per heavy atom. The number of pyridine rings is 1. The Bertz CT molecular complexity index is 1730. The molecule has 0 bridgehead atoms. The lowest BCUT2D eigenvalue weighted by Gasteiger charge is -2.38. The van der Waals surface area contributed by atoms with Gasteiger partial charge in [0, 0.05) is 41.7 Å². The third kappa shape index (κ3) is 5.79. The molecular formula is C34H29ClFN3O4. The highest BCUT2D eigenvalue weighted by Crippen LogP contribution is 2.43. The van der Waals surface area contributed by atoms with E-state index in [1.165, 1.54) is 12.3 Å². The molecule has 7 nitrogen and oxygen atoms in total. The second-order valence-electron chi connectivity index (χ2n) is 11.0. The summed E-state index contributed by atoms with van der Waals surface area (Å²) in [5.74, 6) is -0.236. The third-order valence-corrected chi connectivity index (χ3v) is 8.61. The first-order valence-corrected chi connectivity index (χ1v) is 14.6. The number of nitrogens with one attached hydrogen (secondary N) is 1. The summed E-state index contributed by atoms with van der Waals surface area (Å²) < 4.78 is 27.3. The highest BCUT2D eigenvalue weighted by molar-refractivity contribution is 6.32. The molecule has 0 spiro atoms. The Morgan fingerprint density at radius 3 is 2.67 bits per heavy atom. The summed E-state index contributed by atoms with van der Waals surface area (Å²) in [6.07, 6.45) is 6.19. The molecule has 2 aliphatic carbocycles. The van der Waals surface area contributed by atoms with Crippen LogP contribution in [0.25, 0.3) is 11.1 Å². The number of benzene rings is 3. The molecule has 2 N–H and O–H groups in total. The van der Waals surface area contributed by atoms with Gasteiger partial charge in [0.15, 0.2) is 0 Å². The fraction of sp³-hybridized carbons (Fsp3) is 0.265. The van der Waals surface area contributed by atoms with Crippen LogP contribution in [0.4, 0.5) is 4.39 Å². The number of hydrogen-bond acceptors (Lipinski definition) is 6. The van der Waals surface area contributed by atoms with Crippen LogP contribution in [-0.2, 0) is 24.4 Å². The highest BCUT2D eigenvalue weighted by atomic mass is 35.5. The van der Waals surface area contributed by atoms with E-state index in [0.29, 0.717) is 58.0 Å². The number of nitrogens with zero attached hydrogens (tertiary/aromatic N) is 2. The fourth-order valence-corrected chi connectivity index (χ4v) is 6.04. The van der Waals surface area contributed by atoms with Crippen LogP contribution < -0.4 is 14.8 Å². The van der Waals surface area contributed by atoms with Crippen LogP contribution in [0.15, 0.2) is 73.1 Å². The molecule has 6 rings (SSSR count). The molecule has 4 aromatic rings. The van der Waals surface area contributed by atoms with Crippen molar-refractivity contribution in [1.29, 1.82) is 5.26 Å². The largest absolute Gasteiger partial charge is 0.488 e. The Balaban J connectivity index is 1.28. The molecule has 2 aliphatic rings. The molecule has 0 unspecified atom stereocenters. The van der Waals surface area contributed by atoms with Gasteiger partial charge in [-0.2, -0.15) is 5.26 Å². The lowest BCUT2D eigenvalue weighted by molar-refractivity contribution is -0.148. The molecule has 9 heteroatoms. The maximum Gasteiger partial charge on any atom is 0.323 e. The summed E-state index contributed by atoms with van der Waals surface area (Å²) in [5, 5.41) is 22.6. The van der Waals surface area contributed by atoms with Crippen LogP contribution in [0.1, 0.15) is 59.6 Å².